The van der Waals surface area contributed by atoms with Crippen molar-refractivity contribution < 1.29 is 22.7 Å². The number of nitrogens with zero attached hydrogens (tertiary/aromatic N) is 3. The lowest BCUT2D eigenvalue weighted by Gasteiger charge is -2.17. The Bertz CT molecular complexity index is 1670. The summed E-state index contributed by atoms with van der Waals surface area (Å²) in [6.07, 6.45) is -1.71. The van der Waals surface area contributed by atoms with Crippen molar-refractivity contribution in [3.05, 3.63) is 71.0 Å². The number of benzene rings is 2. The van der Waals surface area contributed by atoms with Crippen LogP contribution in [0.15, 0.2) is 54.3 Å². The maximum Gasteiger partial charge on any atom is 0.416 e. The lowest BCUT2D eigenvalue weighted by atomic mass is 10.0. The number of aromatic nitrogens is 3. The molecular weight excluding hydrogens is 505 g/mol. The molecule has 4 N–H and O–H groups in total. The van der Waals surface area contributed by atoms with E-state index in [9.17, 15) is 18.0 Å². The molecule has 188 valence electrons. The predicted octanol–water partition coefficient (Wildman–Crippen LogP) is 6.15. The molecule has 0 atom stereocenters. The standard InChI is InChI=1S/C25H19F3N6O2S/c1-12-3-5-15-14(19(12)34-24(35)16-10-37-21-20(16)31-11-32-22(21)29)7-8-30-23(15)33-17-9-13(25(26,27)28)4-6-18(17)36-2/h3-11H,1-2H3,(H,30,33)(H,34,35)(H2,29,31,32). The van der Waals surface area contributed by atoms with Gasteiger partial charge in [-0.1, -0.05) is 12.1 Å². The number of methoxy groups -OCH3 is 1. The first-order chi connectivity index (χ1) is 17.7. The molecule has 37 heavy (non-hydrogen) atoms. The molecule has 0 aliphatic carbocycles. The molecule has 0 unspecified atom stereocenters. The largest absolute Gasteiger partial charge is 0.495 e. The minimum absolute atomic E-state index is 0.102. The molecule has 0 aliphatic rings. The van der Waals surface area contributed by atoms with Gasteiger partial charge in [-0.05, 0) is 36.8 Å². The second-order valence-electron chi connectivity index (χ2n) is 8.09. The Kier molecular flexibility index (Phi) is 6.04. The number of carbonyl (C=O) groups excluding carboxylic acids is 1. The number of nitrogens with one attached hydrogen (secondary N) is 2. The number of fused-ring (bicyclic) bond motifs is 2. The number of aryl methyl sites for hydroxylation is 1. The summed E-state index contributed by atoms with van der Waals surface area (Å²) in [7, 11) is 1.37. The van der Waals surface area contributed by atoms with Gasteiger partial charge in [-0.2, -0.15) is 13.2 Å². The summed E-state index contributed by atoms with van der Waals surface area (Å²) < 4.78 is 45.8. The lowest BCUT2D eigenvalue weighted by molar-refractivity contribution is -0.137. The quantitative estimate of drug-likeness (QED) is 0.252. The Morgan fingerprint density at radius 2 is 1.89 bits per heavy atom. The molecule has 0 spiro atoms. The summed E-state index contributed by atoms with van der Waals surface area (Å²) in [6, 6.07) is 8.45. The molecule has 0 aliphatic heterocycles. The lowest BCUT2D eigenvalue weighted by Crippen LogP contribution is -2.13. The molecule has 5 rings (SSSR count). The molecule has 0 fully saturated rings. The highest BCUT2D eigenvalue weighted by atomic mass is 32.1. The molecule has 12 heteroatoms. The molecule has 0 saturated carbocycles. The van der Waals surface area contributed by atoms with Crippen molar-refractivity contribution in [2.75, 3.05) is 23.5 Å². The number of anilines is 4. The van der Waals surface area contributed by atoms with Crippen LogP contribution in [0.25, 0.3) is 21.0 Å². The summed E-state index contributed by atoms with van der Waals surface area (Å²) in [6.45, 7) is 1.84. The van der Waals surface area contributed by atoms with E-state index in [0.29, 0.717) is 43.9 Å². The first-order valence-corrected chi connectivity index (χ1v) is 11.7. The maximum atomic E-state index is 13.3. The highest BCUT2D eigenvalue weighted by Gasteiger charge is 2.31. The van der Waals surface area contributed by atoms with Crippen LogP contribution in [0.1, 0.15) is 21.5 Å². The van der Waals surface area contributed by atoms with Crippen LogP contribution in [0.5, 0.6) is 5.75 Å². The third kappa shape index (κ3) is 4.47. The number of carbonyl (C=O) groups is 1. The van der Waals surface area contributed by atoms with Crippen LogP contribution in [-0.4, -0.2) is 28.0 Å². The van der Waals surface area contributed by atoms with Crippen LogP contribution in [0.4, 0.5) is 36.2 Å². The summed E-state index contributed by atoms with van der Waals surface area (Å²) in [5, 5.41) is 8.80. The molecule has 0 bridgehead atoms. The summed E-state index contributed by atoms with van der Waals surface area (Å²) >= 11 is 1.27. The molecule has 5 aromatic rings. The second kappa shape index (κ2) is 9.21. The van der Waals surface area contributed by atoms with Crippen LogP contribution in [-0.2, 0) is 6.18 Å². The average Bonchev–Trinajstić information content (AvgIpc) is 3.31. The van der Waals surface area contributed by atoms with Crippen molar-refractivity contribution in [2.45, 2.75) is 13.1 Å². The Labute approximate surface area is 212 Å². The highest BCUT2D eigenvalue weighted by molar-refractivity contribution is 7.18. The number of halogens is 3. The zero-order valence-electron chi connectivity index (χ0n) is 19.5. The van der Waals surface area contributed by atoms with E-state index in [0.717, 1.165) is 17.7 Å². The van der Waals surface area contributed by atoms with Crippen molar-refractivity contribution in [1.29, 1.82) is 0 Å². The van der Waals surface area contributed by atoms with Crippen LogP contribution in [0.3, 0.4) is 0 Å². The van der Waals surface area contributed by atoms with E-state index in [1.165, 1.54) is 37.0 Å². The fourth-order valence-electron chi connectivity index (χ4n) is 3.95. The van der Waals surface area contributed by atoms with Crippen molar-refractivity contribution >= 4 is 61.2 Å². The van der Waals surface area contributed by atoms with Crippen molar-refractivity contribution in [3.63, 3.8) is 0 Å². The zero-order valence-corrected chi connectivity index (χ0v) is 20.3. The van der Waals surface area contributed by atoms with Gasteiger partial charge in [-0.3, -0.25) is 4.79 Å². The minimum atomic E-state index is -4.52. The summed E-state index contributed by atoms with van der Waals surface area (Å²) in [5.74, 6) is 0.429. The van der Waals surface area contributed by atoms with E-state index >= 15 is 0 Å². The van der Waals surface area contributed by atoms with Crippen LogP contribution >= 0.6 is 11.3 Å². The zero-order chi connectivity index (χ0) is 26.3. The number of pyridine rings is 1. The second-order valence-corrected chi connectivity index (χ2v) is 8.97. The third-order valence-electron chi connectivity index (χ3n) is 5.80. The summed E-state index contributed by atoms with van der Waals surface area (Å²) in [5.41, 5.74) is 7.29. The molecule has 2 aromatic carbocycles. The number of alkyl halides is 3. The van der Waals surface area contributed by atoms with Gasteiger partial charge in [0.15, 0.2) is 0 Å². The Balaban J connectivity index is 1.55. The number of rotatable bonds is 5. The normalized spacial score (nSPS) is 11.6. The SMILES string of the molecule is COc1ccc(C(F)(F)F)cc1Nc1nccc2c(NC(=O)c3csc4c(N)ncnc34)c(C)ccc12. The highest BCUT2D eigenvalue weighted by Crippen LogP contribution is 2.38. The first-order valence-electron chi connectivity index (χ1n) is 10.9. The van der Waals surface area contributed by atoms with Gasteiger partial charge < -0.3 is 21.1 Å². The van der Waals surface area contributed by atoms with Crippen molar-refractivity contribution in [2.24, 2.45) is 0 Å². The van der Waals surface area contributed by atoms with E-state index in [-0.39, 0.29) is 17.3 Å². The van der Waals surface area contributed by atoms with E-state index in [2.05, 4.69) is 25.6 Å². The van der Waals surface area contributed by atoms with Gasteiger partial charge in [0.2, 0.25) is 0 Å². The minimum Gasteiger partial charge on any atom is -0.495 e. The van der Waals surface area contributed by atoms with Gasteiger partial charge in [0.25, 0.3) is 5.91 Å². The fraction of sp³-hybridized carbons (Fsp3) is 0.120. The number of hydrogen-bond donors (Lipinski definition) is 3. The topological polar surface area (TPSA) is 115 Å². The van der Waals surface area contributed by atoms with Gasteiger partial charge in [-0.15, -0.1) is 11.3 Å². The van der Waals surface area contributed by atoms with E-state index in [4.69, 9.17) is 10.5 Å². The van der Waals surface area contributed by atoms with Crippen LogP contribution in [0, 0.1) is 6.92 Å². The third-order valence-corrected chi connectivity index (χ3v) is 6.79. The maximum absolute atomic E-state index is 13.3. The Morgan fingerprint density at radius 1 is 1.08 bits per heavy atom. The molecular formula is C25H19F3N6O2S. The number of nitrogens with two attached hydrogens (primary N) is 1. The van der Waals surface area contributed by atoms with Gasteiger partial charge in [0, 0.05) is 22.3 Å². The van der Waals surface area contributed by atoms with Crippen molar-refractivity contribution in [3.8, 4) is 5.75 Å². The molecule has 1 amide bonds. The van der Waals surface area contributed by atoms with E-state index in [1.807, 2.05) is 6.92 Å². The van der Waals surface area contributed by atoms with Gasteiger partial charge in [0.1, 0.15) is 23.7 Å². The van der Waals surface area contributed by atoms with Gasteiger partial charge in [0.05, 0.1) is 39.8 Å². The van der Waals surface area contributed by atoms with Gasteiger partial charge >= 0.3 is 6.18 Å². The van der Waals surface area contributed by atoms with Crippen LogP contribution < -0.4 is 21.1 Å². The number of hydrogen-bond acceptors (Lipinski definition) is 8. The Morgan fingerprint density at radius 3 is 2.65 bits per heavy atom. The molecule has 0 radical (unpaired) electrons. The predicted molar refractivity (Wildman–Crippen MR) is 138 cm³/mol. The Hall–Kier alpha value is -4.45. The van der Waals surface area contributed by atoms with E-state index in [1.54, 1.807) is 23.6 Å². The molecule has 3 aromatic heterocycles. The van der Waals surface area contributed by atoms with Crippen LogP contribution in [0.2, 0.25) is 0 Å². The molecule has 0 saturated heterocycles. The van der Waals surface area contributed by atoms with Gasteiger partial charge in [-0.25, -0.2) is 15.0 Å². The summed E-state index contributed by atoms with van der Waals surface area (Å²) in [4.78, 5) is 25.7. The number of thiophene rings is 1. The average molecular weight is 525 g/mol. The molecule has 8 nitrogen and oxygen atoms in total. The number of nitrogen functional groups attached to an aromatic ring is 1. The van der Waals surface area contributed by atoms with Crippen molar-refractivity contribution in [1.82, 2.24) is 15.0 Å². The fourth-order valence-corrected chi connectivity index (χ4v) is 4.85. The first kappa shape index (κ1) is 24.3. The monoisotopic (exact) mass is 524 g/mol. The number of ether oxygens (including phenoxy) is 1. The molecule has 3 heterocycles. The van der Waals surface area contributed by atoms with E-state index < -0.39 is 11.7 Å². The smallest absolute Gasteiger partial charge is 0.416 e. The number of amides is 1.